The molecule has 0 aromatic carbocycles. The van der Waals surface area contributed by atoms with E-state index in [1.165, 1.54) is 51.4 Å². The maximum Gasteiger partial charge on any atom is 0.306 e. The van der Waals surface area contributed by atoms with Gasteiger partial charge in [0, 0.05) is 19.3 Å². The first-order chi connectivity index (χ1) is 25.0. The Kier molecular flexibility index (Phi) is 38.1. The third-order valence-corrected chi connectivity index (χ3v) is 8.81. The topological polar surface area (TPSA) is 78.9 Å². The Bertz CT molecular complexity index is 918. The summed E-state index contributed by atoms with van der Waals surface area (Å²) in [6, 6.07) is 0. The summed E-state index contributed by atoms with van der Waals surface area (Å²) >= 11 is 0. The Morgan fingerprint density at radius 2 is 0.725 bits per heavy atom. The fraction of sp³-hybridized carbons (Fsp3) is 0.756. The maximum atomic E-state index is 12.6. The van der Waals surface area contributed by atoms with Gasteiger partial charge in [0.05, 0.1) is 0 Å². The molecular formula is C45H78O6. The number of carbonyl (C=O) groups excluding carboxylic acids is 3. The number of carbonyl (C=O) groups is 3. The molecule has 0 rings (SSSR count). The third kappa shape index (κ3) is 38.4. The van der Waals surface area contributed by atoms with E-state index in [9.17, 15) is 14.4 Å². The van der Waals surface area contributed by atoms with Gasteiger partial charge in [-0.25, -0.2) is 0 Å². The van der Waals surface area contributed by atoms with Crippen molar-refractivity contribution in [3.8, 4) is 0 Å². The zero-order valence-corrected chi connectivity index (χ0v) is 33.4. The third-order valence-electron chi connectivity index (χ3n) is 8.81. The van der Waals surface area contributed by atoms with E-state index in [0.717, 1.165) is 109 Å². The molecule has 0 N–H and O–H groups in total. The molecule has 0 bridgehead atoms. The molecule has 0 aliphatic carbocycles. The lowest BCUT2D eigenvalue weighted by Gasteiger charge is -2.18. The lowest BCUT2D eigenvalue weighted by molar-refractivity contribution is -0.167. The van der Waals surface area contributed by atoms with Gasteiger partial charge in [-0.1, -0.05) is 159 Å². The van der Waals surface area contributed by atoms with Crippen LogP contribution in [-0.2, 0) is 28.6 Å². The van der Waals surface area contributed by atoms with Gasteiger partial charge in [0.15, 0.2) is 6.10 Å². The van der Waals surface area contributed by atoms with Crippen molar-refractivity contribution in [2.45, 2.75) is 207 Å². The molecule has 0 amide bonds. The lowest BCUT2D eigenvalue weighted by atomic mass is 10.1. The molecule has 0 fully saturated rings. The van der Waals surface area contributed by atoms with Gasteiger partial charge in [-0.05, 0) is 70.6 Å². The number of rotatable bonds is 37. The quantitative estimate of drug-likeness (QED) is 0.0276. The maximum absolute atomic E-state index is 12.6. The van der Waals surface area contributed by atoms with E-state index in [-0.39, 0.29) is 31.1 Å². The molecule has 0 aliphatic rings. The van der Waals surface area contributed by atoms with Gasteiger partial charge in [-0.15, -0.1) is 0 Å². The van der Waals surface area contributed by atoms with Crippen LogP contribution in [0.25, 0.3) is 0 Å². The van der Waals surface area contributed by atoms with Crippen LogP contribution in [0.15, 0.2) is 48.6 Å². The van der Waals surface area contributed by atoms with E-state index in [2.05, 4.69) is 69.4 Å². The summed E-state index contributed by atoms with van der Waals surface area (Å²) in [7, 11) is 0. The van der Waals surface area contributed by atoms with E-state index < -0.39 is 6.10 Å². The van der Waals surface area contributed by atoms with Crippen molar-refractivity contribution in [2.75, 3.05) is 13.2 Å². The molecule has 0 aromatic heterocycles. The van der Waals surface area contributed by atoms with E-state index >= 15 is 0 Å². The molecule has 6 nitrogen and oxygen atoms in total. The molecule has 0 saturated heterocycles. The van der Waals surface area contributed by atoms with Crippen molar-refractivity contribution in [1.29, 1.82) is 0 Å². The molecule has 0 spiro atoms. The van der Waals surface area contributed by atoms with E-state index in [4.69, 9.17) is 14.2 Å². The molecule has 0 saturated carbocycles. The van der Waals surface area contributed by atoms with Crippen molar-refractivity contribution in [2.24, 2.45) is 0 Å². The molecule has 0 aliphatic heterocycles. The van der Waals surface area contributed by atoms with Crippen molar-refractivity contribution in [3.63, 3.8) is 0 Å². The summed E-state index contributed by atoms with van der Waals surface area (Å²) in [6.45, 7) is 6.42. The van der Waals surface area contributed by atoms with Gasteiger partial charge in [0.2, 0.25) is 0 Å². The Morgan fingerprint density at radius 3 is 1.14 bits per heavy atom. The number of unbranched alkanes of at least 4 members (excludes halogenated alkanes) is 18. The van der Waals surface area contributed by atoms with Crippen LogP contribution in [0.1, 0.15) is 201 Å². The number of hydrogen-bond acceptors (Lipinski definition) is 6. The number of allylic oxidation sites excluding steroid dienone is 8. The lowest BCUT2D eigenvalue weighted by Crippen LogP contribution is -2.30. The molecule has 51 heavy (non-hydrogen) atoms. The van der Waals surface area contributed by atoms with Gasteiger partial charge < -0.3 is 14.2 Å². The molecule has 0 aromatic rings. The highest BCUT2D eigenvalue weighted by Gasteiger charge is 2.19. The van der Waals surface area contributed by atoms with Crippen molar-refractivity contribution < 1.29 is 28.6 Å². The van der Waals surface area contributed by atoms with Crippen LogP contribution in [0, 0.1) is 0 Å². The van der Waals surface area contributed by atoms with Crippen molar-refractivity contribution in [1.82, 2.24) is 0 Å². The normalized spacial score (nSPS) is 12.5. The first-order valence-corrected chi connectivity index (χ1v) is 21.1. The van der Waals surface area contributed by atoms with Crippen molar-refractivity contribution in [3.05, 3.63) is 48.6 Å². The van der Waals surface area contributed by atoms with Gasteiger partial charge >= 0.3 is 17.9 Å². The Morgan fingerprint density at radius 1 is 0.392 bits per heavy atom. The fourth-order valence-electron chi connectivity index (χ4n) is 5.53. The minimum Gasteiger partial charge on any atom is -0.462 e. The summed E-state index contributed by atoms with van der Waals surface area (Å²) in [4.78, 5) is 37.4. The summed E-state index contributed by atoms with van der Waals surface area (Å²) in [5, 5.41) is 0. The highest BCUT2D eigenvalue weighted by Crippen LogP contribution is 2.12. The monoisotopic (exact) mass is 715 g/mol. The number of hydrogen-bond donors (Lipinski definition) is 0. The first-order valence-electron chi connectivity index (χ1n) is 21.1. The summed E-state index contributed by atoms with van der Waals surface area (Å²) < 4.78 is 16.5. The van der Waals surface area contributed by atoms with Crippen LogP contribution in [0.3, 0.4) is 0 Å². The fourth-order valence-corrected chi connectivity index (χ4v) is 5.53. The predicted molar refractivity (Wildman–Crippen MR) is 215 cm³/mol. The van der Waals surface area contributed by atoms with Gasteiger partial charge in [-0.3, -0.25) is 14.4 Å². The summed E-state index contributed by atoms with van der Waals surface area (Å²) in [5.74, 6) is -0.932. The van der Waals surface area contributed by atoms with Crippen LogP contribution in [0.2, 0.25) is 0 Å². The summed E-state index contributed by atoms with van der Waals surface area (Å²) in [6.07, 6.45) is 45.4. The standard InChI is InChI=1S/C45H78O6/c1-4-7-10-13-15-17-19-21-23-25-27-29-32-35-38-44(47)50-41-42(40-49-43(46)37-34-31-12-9-6-3)51-45(48)39-36-33-30-28-26-24-22-20-18-16-14-11-8-5-2/h13-16,19-22,42H,4-12,17-18,23-41H2,1-3H3/b15-13-,16-14-,21-19-,22-20-. The highest BCUT2D eigenvalue weighted by atomic mass is 16.6. The minimum absolute atomic E-state index is 0.0849. The molecule has 0 heterocycles. The van der Waals surface area contributed by atoms with Crippen LogP contribution < -0.4 is 0 Å². The molecular weight excluding hydrogens is 636 g/mol. The SMILES string of the molecule is CCCC/C=C\C/C=C\CCCCCCCC(=O)OCC(COC(=O)CCCCCCC)OC(=O)CCCCCCC/C=C\C/C=C\CCCC. The average Bonchev–Trinajstić information content (AvgIpc) is 3.12. The van der Waals surface area contributed by atoms with Crippen LogP contribution in [0.5, 0.6) is 0 Å². The van der Waals surface area contributed by atoms with Gasteiger partial charge in [0.1, 0.15) is 13.2 Å². The predicted octanol–water partition coefficient (Wildman–Crippen LogP) is 13.2. The number of ether oxygens (including phenoxy) is 3. The molecule has 1 atom stereocenters. The zero-order valence-electron chi connectivity index (χ0n) is 33.4. The van der Waals surface area contributed by atoms with Crippen LogP contribution in [0.4, 0.5) is 0 Å². The Balaban J connectivity index is 4.31. The van der Waals surface area contributed by atoms with Gasteiger partial charge in [-0.2, -0.15) is 0 Å². The van der Waals surface area contributed by atoms with Crippen LogP contribution in [-0.4, -0.2) is 37.2 Å². The Labute approximate surface area is 314 Å². The second kappa shape index (κ2) is 40.1. The minimum atomic E-state index is -0.779. The largest absolute Gasteiger partial charge is 0.462 e. The number of esters is 3. The molecule has 0 radical (unpaired) electrons. The van der Waals surface area contributed by atoms with E-state index in [0.29, 0.717) is 19.3 Å². The Hall–Kier alpha value is -2.63. The average molecular weight is 715 g/mol. The molecule has 1 unspecified atom stereocenters. The van der Waals surface area contributed by atoms with Gasteiger partial charge in [0.25, 0.3) is 0 Å². The molecule has 294 valence electrons. The van der Waals surface area contributed by atoms with E-state index in [1.54, 1.807) is 0 Å². The first kappa shape index (κ1) is 48.4. The second-order valence-corrected chi connectivity index (χ2v) is 13.9. The highest BCUT2D eigenvalue weighted by molar-refractivity contribution is 5.71. The zero-order chi connectivity index (χ0) is 37.3. The molecule has 6 heteroatoms. The summed E-state index contributed by atoms with van der Waals surface area (Å²) in [5.41, 5.74) is 0. The van der Waals surface area contributed by atoms with Crippen LogP contribution >= 0.6 is 0 Å². The smallest absolute Gasteiger partial charge is 0.306 e. The van der Waals surface area contributed by atoms with Crippen molar-refractivity contribution >= 4 is 17.9 Å². The van der Waals surface area contributed by atoms with E-state index in [1.807, 2.05) is 0 Å². The second-order valence-electron chi connectivity index (χ2n) is 13.9.